The molecule has 1 N–H and O–H groups in total. The van der Waals surface area contributed by atoms with Gasteiger partial charge in [0.2, 0.25) is 5.91 Å². The molecule has 0 aliphatic carbocycles. The number of halogens is 1. The Morgan fingerprint density at radius 2 is 1.96 bits per heavy atom. The van der Waals surface area contributed by atoms with Gasteiger partial charge in [0.1, 0.15) is 5.03 Å². The summed E-state index contributed by atoms with van der Waals surface area (Å²) in [6.45, 7) is 0.439. The van der Waals surface area contributed by atoms with Crippen molar-refractivity contribution in [3.63, 3.8) is 0 Å². The molecule has 0 bridgehead atoms. The molecular weight excluding hydrogens is 394 g/mol. The van der Waals surface area contributed by atoms with Gasteiger partial charge in [-0.05, 0) is 48.0 Å². The lowest BCUT2D eigenvalue weighted by atomic mass is 10.1. The molecule has 0 atom stereocenters. The van der Waals surface area contributed by atoms with Crippen LogP contribution in [0.25, 0.3) is 0 Å². The first kappa shape index (κ1) is 18.5. The Hall–Kier alpha value is -2.83. The lowest BCUT2D eigenvalue weighted by molar-refractivity contribution is -0.116. The van der Waals surface area contributed by atoms with E-state index in [2.05, 4.69) is 10.3 Å². The second-order valence-electron chi connectivity index (χ2n) is 6.26. The molecule has 0 spiro atoms. The summed E-state index contributed by atoms with van der Waals surface area (Å²) in [6, 6.07) is 18.0. The average molecular weight is 410 g/mol. The maximum Gasteiger partial charge on any atom is 0.255 e. The first-order valence-corrected chi connectivity index (χ1v) is 10.0. The van der Waals surface area contributed by atoms with Crippen LogP contribution in [-0.2, 0) is 11.3 Å². The van der Waals surface area contributed by atoms with Crippen molar-refractivity contribution in [2.24, 2.45) is 0 Å². The number of thioether (sulfide) groups is 1. The number of benzene rings is 2. The van der Waals surface area contributed by atoms with Gasteiger partial charge in [-0.2, -0.15) is 0 Å². The van der Waals surface area contributed by atoms with Crippen LogP contribution in [0.3, 0.4) is 0 Å². The fourth-order valence-electron chi connectivity index (χ4n) is 2.93. The Bertz CT molecular complexity index is 1040. The second-order valence-corrected chi connectivity index (χ2v) is 7.66. The lowest BCUT2D eigenvalue weighted by Gasteiger charge is -2.28. The normalized spacial score (nSPS) is 13.2. The number of nitrogens with zero attached hydrogens (tertiary/aromatic N) is 2. The van der Waals surface area contributed by atoms with Crippen molar-refractivity contribution >= 4 is 46.6 Å². The van der Waals surface area contributed by atoms with Gasteiger partial charge in [0.25, 0.3) is 5.91 Å². The van der Waals surface area contributed by atoms with E-state index in [1.807, 2.05) is 24.3 Å². The highest BCUT2D eigenvalue weighted by molar-refractivity contribution is 8.00. The highest BCUT2D eigenvalue weighted by Gasteiger charge is 2.25. The minimum absolute atomic E-state index is 0.0493. The van der Waals surface area contributed by atoms with Gasteiger partial charge in [-0.15, -0.1) is 0 Å². The number of hydrogen-bond donors (Lipinski definition) is 1. The van der Waals surface area contributed by atoms with Crippen molar-refractivity contribution in [3.05, 3.63) is 83.0 Å². The van der Waals surface area contributed by atoms with Gasteiger partial charge in [-0.3, -0.25) is 9.59 Å². The van der Waals surface area contributed by atoms with Crippen molar-refractivity contribution in [2.75, 3.05) is 16.0 Å². The third-order valence-electron chi connectivity index (χ3n) is 4.31. The Balaban J connectivity index is 1.48. The summed E-state index contributed by atoms with van der Waals surface area (Å²) < 4.78 is 0. The van der Waals surface area contributed by atoms with Crippen LogP contribution in [0.15, 0.2) is 71.9 Å². The van der Waals surface area contributed by atoms with Crippen LogP contribution in [-0.4, -0.2) is 22.6 Å². The SMILES string of the molecule is O=C(Nc1cccc(Cl)c1)c1ccc(CN2C(=O)CSc3ncccc32)cc1. The minimum Gasteiger partial charge on any atom is -0.322 e. The van der Waals surface area contributed by atoms with Crippen LogP contribution in [0.1, 0.15) is 15.9 Å². The van der Waals surface area contributed by atoms with Crippen LogP contribution < -0.4 is 10.2 Å². The van der Waals surface area contributed by atoms with Crippen LogP contribution >= 0.6 is 23.4 Å². The molecule has 0 unspecified atom stereocenters. The van der Waals surface area contributed by atoms with E-state index < -0.39 is 0 Å². The number of rotatable bonds is 4. The highest BCUT2D eigenvalue weighted by atomic mass is 35.5. The average Bonchev–Trinajstić information content (AvgIpc) is 2.71. The number of anilines is 2. The van der Waals surface area contributed by atoms with Crippen molar-refractivity contribution in [1.82, 2.24) is 4.98 Å². The fourth-order valence-corrected chi connectivity index (χ4v) is 4.00. The number of nitrogens with one attached hydrogen (secondary N) is 1. The number of amides is 2. The van der Waals surface area contributed by atoms with Crippen LogP contribution in [0.2, 0.25) is 5.02 Å². The Labute approximate surface area is 171 Å². The first-order chi connectivity index (χ1) is 13.6. The molecular formula is C21H16ClN3O2S. The molecule has 1 aliphatic heterocycles. The summed E-state index contributed by atoms with van der Waals surface area (Å²) in [4.78, 5) is 30.9. The van der Waals surface area contributed by atoms with Gasteiger partial charge in [0.05, 0.1) is 18.0 Å². The molecule has 7 heteroatoms. The van der Waals surface area contributed by atoms with Gasteiger partial charge in [0.15, 0.2) is 0 Å². The molecule has 4 rings (SSSR count). The van der Waals surface area contributed by atoms with E-state index in [0.717, 1.165) is 16.3 Å². The smallest absolute Gasteiger partial charge is 0.255 e. The Kier molecular flexibility index (Phi) is 5.32. The van der Waals surface area contributed by atoms with E-state index in [9.17, 15) is 9.59 Å². The predicted octanol–water partition coefficient (Wildman–Crippen LogP) is 4.63. The third kappa shape index (κ3) is 4.03. The monoisotopic (exact) mass is 409 g/mol. The van der Waals surface area contributed by atoms with E-state index in [0.29, 0.717) is 28.6 Å². The number of pyridine rings is 1. The van der Waals surface area contributed by atoms with E-state index >= 15 is 0 Å². The third-order valence-corrected chi connectivity index (χ3v) is 5.53. The van der Waals surface area contributed by atoms with Crippen molar-refractivity contribution in [2.45, 2.75) is 11.6 Å². The zero-order valence-corrected chi connectivity index (χ0v) is 16.3. The van der Waals surface area contributed by atoms with E-state index in [1.165, 1.54) is 11.8 Å². The number of aromatic nitrogens is 1. The molecule has 140 valence electrons. The predicted molar refractivity (Wildman–Crippen MR) is 112 cm³/mol. The summed E-state index contributed by atoms with van der Waals surface area (Å²) in [5.41, 5.74) is 2.94. The van der Waals surface area contributed by atoms with Crippen LogP contribution in [0, 0.1) is 0 Å². The molecule has 28 heavy (non-hydrogen) atoms. The van der Waals surface area contributed by atoms with Gasteiger partial charge in [0, 0.05) is 22.5 Å². The summed E-state index contributed by atoms with van der Waals surface area (Å²) in [7, 11) is 0. The molecule has 0 saturated carbocycles. The van der Waals surface area contributed by atoms with Gasteiger partial charge in [-0.25, -0.2) is 4.98 Å². The molecule has 0 saturated heterocycles. The molecule has 3 aromatic rings. The van der Waals surface area contributed by atoms with E-state index in [4.69, 9.17) is 11.6 Å². The Morgan fingerprint density at radius 1 is 1.14 bits per heavy atom. The molecule has 0 radical (unpaired) electrons. The number of fused-ring (bicyclic) bond motifs is 1. The maximum atomic E-state index is 12.4. The van der Waals surface area contributed by atoms with Crippen LogP contribution in [0.5, 0.6) is 0 Å². The number of hydrogen-bond acceptors (Lipinski definition) is 4. The first-order valence-electron chi connectivity index (χ1n) is 8.64. The van der Waals surface area contributed by atoms with Gasteiger partial charge >= 0.3 is 0 Å². The molecule has 2 amide bonds. The lowest BCUT2D eigenvalue weighted by Crippen LogP contribution is -2.35. The van der Waals surface area contributed by atoms with Crippen LogP contribution in [0.4, 0.5) is 11.4 Å². The van der Waals surface area contributed by atoms with Crippen molar-refractivity contribution in [3.8, 4) is 0 Å². The van der Waals surface area contributed by atoms with Crippen molar-refractivity contribution < 1.29 is 9.59 Å². The van der Waals surface area contributed by atoms with E-state index in [1.54, 1.807) is 47.5 Å². The molecule has 2 aromatic carbocycles. The zero-order chi connectivity index (χ0) is 19.5. The molecule has 2 heterocycles. The van der Waals surface area contributed by atoms with Gasteiger partial charge in [-0.1, -0.05) is 41.6 Å². The largest absolute Gasteiger partial charge is 0.322 e. The minimum atomic E-state index is -0.214. The number of carbonyl (C=O) groups is 2. The second kappa shape index (κ2) is 8.04. The standard InChI is InChI=1S/C21H16ClN3O2S/c22-16-3-1-4-17(11-16)24-20(27)15-8-6-14(7-9-15)12-25-18-5-2-10-23-21(18)28-13-19(25)26/h1-11H,12-13H2,(H,24,27). The molecule has 1 aromatic heterocycles. The topological polar surface area (TPSA) is 62.3 Å². The summed E-state index contributed by atoms with van der Waals surface area (Å²) >= 11 is 7.40. The molecule has 1 aliphatic rings. The fraction of sp³-hybridized carbons (Fsp3) is 0.0952. The molecule has 5 nitrogen and oxygen atoms in total. The Morgan fingerprint density at radius 3 is 2.75 bits per heavy atom. The number of carbonyl (C=O) groups excluding carboxylic acids is 2. The molecule has 0 fully saturated rings. The van der Waals surface area contributed by atoms with Gasteiger partial charge < -0.3 is 10.2 Å². The quantitative estimate of drug-likeness (QED) is 0.682. The van der Waals surface area contributed by atoms with E-state index in [-0.39, 0.29) is 11.8 Å². The summed E-state index contributed by atoms with van der Waals surface area (Å²) in [5, 5.41) is 4.24. The highest BCUT2D eigenvalue weighted by Crippen LogP contribution is 2.34. The zero-order valence-electron chi connectivity index (χ0n) is 14.8. The summed E-state index contributed by atoms with van der Waals surface area (Å²) in [5.74, 6) is 0.214. The van der Waals surface area contributed by atoms with Crippen molar-refractivity contribution in [1.29, 1.82) is 0 Å². The summed E-state index contributed by atoms with van der Waals surface area (Å²) in [6.07, 6.45) is 1.73. The maximum absolute atomic E-state index is 12.4.